The fourth-order valence-corrected chi connectivity index (χ4v) is 2.05. The summed E-state index contributed by atoms with van der Waals surface area (Å²) in [6.45, 7) is 6.38. The number of rotatable bonds is 5. The number of benzene rings is 1. The molecule has 0 radical (unpaired) electrons. The van der Waals surface area contributed by atoms with Gasteiger partial charge in [-0.15, -0.1) is 0 Å². The second-order valence-electron chi connectivity index (χ2n) is 4.39. The zero-order valence-electron chi connectivity index (χ0n) is 10.0. The maximum Gasteiger partial charge on any atom is 0.0887 e. The lowest BCUT2D eigenvalue weighted by Gasteiger charge is -2.30. The predicted molar refractivity (Wildman–Crippen MR) is 69.6 cm³/mol. The van der Waals surface area contributed by atoms with Gasteiger partial charge in [0.1, 0.15) is 0 Å². The molecule has 0 aliphatic carbocycles. The van der Waals surface area contributed by atoms with Crippen LogP contribution in [-0.2, 0) is 11.2 Å². The Hall–Kier alpha value is -0.380. The van der Waals surface area contributed by atoms with Crippen LogP contribution in [0.15, 0.2) is 28.7 Å². The Morgan fingerprint density at radius 3 is 2.69 bits per heavy atom. The van der Waals surface area contributed by atoms with Gasteiger partial charge in [0.2, 0.25) is 0 Å². The van der Waals surface area contributed by atoms with E-state index in [1.54, 1.807) is 0 Å². The summed E-state index contributed by atoms with van der Waals surface area (Å²) in [5.74, 6) is 0. The third-order valence-electron chi connectivity index (χ3n) is 2.64. The Labute approximate surface area is 106 Å². The second-order valence-corrected chi connectivity index (χ2v) is 5.30. The van der Waals surface area contributed by atoms with Gasteiger partial charge >= 0.3 is 0 Å². The highest BCUT2D eigenvalue weighted by Crippen LogP contribution is 2.20. The summed E-state index contributed by atoms with van der Waals surface area (Å²) in [6.07, 6.45) is 0.105. The lowest BCUT2D eigenvalue weighted by atomic mass is 9.95. The van der Waals surface area contributed by atoms with Gasteiger partial charge in [-0.25, -0.2) is 0 Å². The van der Waals surface area contributed by atoms with Crippen LogP contribution in [0.4, 0.5) is 0 Å². The van der Waals surface area contributed by atoms with Crippen LogP contribution in [0.1, 0.15) is 26.3 Å². The van der Waals surface area contributed by atoms with Crippen LogP contribution in [0.3, 0.4) is 0 Å². The van der Waals surface area contributed by atoms with Gasteiger partial charge in [0, 0.05) is 17.5 Å². The van der Waals surface area contributed by atoms with Crippen LogP contribution in [0.2, 0.25) is 0 Å². The van der Waals surface area contributed by atoms with E-state index in [1.807, 2.05) is 45.0 Å². The van der Waals surface area contributed by atoms with Gasteiger partial charge in [0.05, 0.1) is 11.7 Å². The van der Waals surface area contributed by atoms with E-state index in [2.05, 4.69) is 15.9 Å². The molecule has 1 aromatic carbocycles. The molecule has 90 valence electrons. The minimum Gasteiger partial charge on any atom is -0.390 e. The van der Waals surface area contributed by atoms with E-state index in [9.17, 15) is 5.11 Å². The zero-order valence-corrected chi connectivity index (χ0v) is 11.6. The van der Waals surface area contributed by atoms with E-state index < -0.39 is 11.7 Å². The third kappa shape index (κ3) is 3.89. The molecular formula is C13H19BrO2. The molecule has 2 nitrogen and oxygen atoms in total. The van der Waals surface area contributed by atoms with Gasteiger partial charge in [0.25, 0.3) is 0 Å². The highest BCUT2D eigenvalue weighted by molar-refractivity contribution is 9.10. The van der Waals surface area contributed by atoms with Crippen molar-refractivity contribution in [2.24, 2.45) is 0 Å². The largest absolute Gasteiger partial charge is 0.390 e. The fraction of sp³-hybridized carbons (Fsp3) is 0.538. The molecule has 1 atom stereocenters. The standard InChI is InChI=1S/C13H19BrO2/c1-4-16-13(2,3)12(15)9-10-6-5-7-11(14)8-10/h5-8,12,15H,4,9H2,1-3H3. The molecule has 0 amide bonds. The molecule has 1 unspecified atom stereocenters. The van der Waals surface area contributed by atoms with E-state index in [4.69, 9.17) is 4.74 Å². The topological polar surface area (TPSA) is 29.5 Å². The van der Waals surface area contributed by atoms with Gasteiger partial charge in [-0.3, -0.25) is 0 Å². The van der Waals surface area contributed by atoms with Gasteiger partial charge < -0.3 is 9.84 Å². The number of aliphatic hydroxyl groups is 1. The molecule has 0 aliphatic heterocycles. The van der Waals surface area contributed by atoms with Crippen molar-refractivity contribution in [1.82, 2.24) is 0 Å². The summed E-state index contributed by atoms with van der Waals surface area (Å²) in [6, 6.07) is 7.98. The number of halogens is 1. The lowest BCUT2D eigenvalue weighted by Crippen LogP contribution is -2.40. The van der Waals surface area contributed by atoms with Crippen molar-refractivity contribution in [2.75, 3.05) is 6.61 Å². The first-order valence-electron chi connectivity index (χ1n) is 5.52. The van der Waals surface area contributed by atoms with Crippen molar-refractivity contribution in [3.63, 3.8) is 0 Å². The summed E-state index contributed by atoms with van der Waals surface area (Å²) in [7, 11) is 0. The number of ether oxygens (including phenoxy) is 1. The average molecular weight is 287 g/mol. The smallest absolute Gasteiger partial charge is 0.0887 e. The van der Waals surface area contributed by atoms with E-state index in [0.29, 0.717) is 13.0 Å². The zero-order chi connectivity index (χ0) is 12.2. The van der Waals surface area contributed by atoms with Crippen molar-refractivity contribution < 1.29 is 9.84 Å². The van der Waals surface area contributed by atoms with Gasteiger partial charge in [-0.2, -0.15) is 0 Å². The van der Waals surface area contributed by atoms with E-state index in [-0.39, 0.29) is 0 Å². The van der Waals surface area contributed by atoms with E-state index in [0.717, 1.165) is 10.0 Å². The minimum absolute atomic E-state index is 0.498. The third-order valence-corrected chi connectivity index (χ3v) is 3.13. The predicted octanol–water partition coefficient (Wildman–Crippen LogP) is 3.17. The molecule has 1 N–H and O–H groups in total. The Bertz CT molecular complexity index is 336. The first kappa shape index (κ1) is 13.7. The van der Waals surface area contributed by atoms with Crippen LogP contribution >= 0.6 is 15.9 Å². The molecule has 16 heavy (non-hydrogen) atoms. The Morgan fingerprint density at radius 2 is 2.12 bits per heavy atom. The maximum absolute atomic E-state index is 10.1. The van der Waals surface area contributed by atoms with Crippen molar-refractivity contribution in [3.05, 3.63) is 34.3 Å². The summed E-state index contributed by atoms with van der Waals surface area (Å²) in [4.78, 5) is 0. The van der Waals surface area contributed by atoms with Crippen LogP contribution in [0, 0.1) is 0 Å². The lowest BCUT2D eigenvalue weighted by molar-refractivity contribution is -0.0955. The van der Waals surface area contributed by atoms with Crippen molar-refractivity contribution in [2.45, 2.75) is 38.9 Å². The molecular weight excluding hydrogens is 268 g/mol. The second kappa shape index (κ2) is 5.80. The van der Waals surface area contributed by atoms with Crippen molar-refractivity contribution in [1.29, 1.82) is 0 Å². The summed E-state index contributed by atoms with van der Waals surface area (Å²) < 4.78 is 6.57. The molecule has 0 aromatic heterocycles. The quantitative estimate of drug-likeness (QED) is 0.901. The first-order chi connectivity index (χ1) is 7.45. The molecule has 1 aromatic rings. The fourth-order valence-electron chi connectivity index (χ4n) is 1.60. The highest BCUT2D eigenvalue weighted by atomic mass is 79.9. The molecule has 3 heteroatoms. The first-order valence-corrected chi connectivity index (χ1v) is 6.31. The molecule has 1 rings (SSSR count). The Kier molecular flexibility index (Phi) is 4.96. The summed E-state index contributed by atoms with van der Waals surface area (Å²) in [5.41, 5.74) is 0.603. The SMILES string of the molecule is CCOC(C)(C)C(O)Cc1cccc(Br)c1. The van der Waals surface area contributed by atoms with Crippen molar-refractivity contribution in [3.8, 4) is 0 Å². The minimum atomic E-state index is -0.503. The van der Waals surface area contributed by atoms with Crippen LogP contribution in [-0.4, -0.2) is 23.4 Å². The van der Waals surface area contributed by atoms with Crippen LogP contribution in [0.5, 0.6) is 0 Å². The van der Waals surface area contributed by atoms with Gasteiger partial charge in [-0.05, 0) is 38.5 Å². The monoisotopic (exact) mass is 286 g/mol. The molecule has 0 fully saturated rings. The molecule has 0 bridgehead atoms. The molecule has 0 aliphatic rings. The molecule has 0 saturated carbocycles. The Morgan fingerprint density at radius 1 is 1.44 bits per heavy atom. The number of hydrogen-bond donors (Lipinski definition) is 1. The molecule has 0 heterocycles. The highest BCUT2D eigenvalue weighted by Gasteiger charge is 2.28. The van der Waals surface area contributed by atoms with E-state index >= 15 is 0 Å². The average Bonchev–Trinajstić information content (AvgIpc) is 2.17. The van der Waals surface area contributed by atoms with Gasteiger partial charge in [-0.1, -0.05) is 28.1 Å². The van der Waals surface area contributed by atoms with E-state index in [1.165, 1.54) is 0 Å². The summed E-state index contributed by atoms with van der Waals surface area (Å²) >= 11 is 3.42. The van der Waals surface area contributed by atoms with Gasteiger partial charge in [0.15, 0.2) is 0 Å². The van der Waals surface area contributed by atoms with Crippen LogP contribution in [0.25, 0.3) is 0 Å². The normalized spacial score (nSPS) is 13.8. The Balaban J connectivity index is 2.67. The van der Waals surface area contributed by atoms with Crippen molar-refractivity contribution >= 4 is 15.9 Å². The molecule has 0 spiro atoms. The number of aliphatic hydroxyl groups excluding tert-OH is 1. The molecule has 0 saturated heterocycles. The van der Waals surface area contributed by atoms with Crippen LogP contribution < -0.4 is 0 Å². The summed E-state index contributed by atoms with van der Waals surface area (Å²) in [5, 5.41) is 10.1. The number of hydrogen-bond acceptors (Lipinski definition) is 2. The maximum atomic E-state index is 10.1.